The molecule has 0 saturated carbocycles. The molecule has 190 valence electrons. The van der Waals surface area contributed by atoms with Gasteiger partial charge in [-0.3, -0.25) is 14.3 Å². The van der Waals surface area contributed by atoms with E-state index in [0.717, 1.165) is 27.8 Å². The van der Waals surface area contributed by atoms with E-state index in [1.807, 2.05) is 31.2 Å². The zero-order valence-electron chi connectivity index (χ0n) is 20.9. The lowest BCUT2D eigenvalue weighted by Crippen LogP contribution is -2.22. The maximum atomic E-state index is 14.8. The van der Waals surface area contributed by atoms with E-state index in [9.17, 15) is 14.0 Å². The lowest BCUT2D eigenvalue weighted by Gasteiger charge is -2.14. The average Bonchev–Trinajstić information content (AvgIpc) is 3.43. The predicted octanol–water partition coefficient (Wildman–Crippen LogP) is 4.76. The molecule has 0 aliphatic heterocycles. The van der Waals surface area contributed by atoms with Gasteiger partial charge in [0, 0.05) is 34.8 Å². The molecule has 0 fully saturated rings. The number of fused-ring (bicyclic) bond motifs is 1. The number of benzene rings is 2. The van der Waals surface area contributed by atoms with Crippen LogP contribution in [0.3, 0.4) is 0 Å². The molecule has 0 saturated heterocycles. The third kappa shape index (κ3) is 5.29. The normalized spacial score (nSPS) is 12.2. The van der Waals surface area contributed by atoms with Gasteiger partial charge in [-0.2, -0.15) is 5.10 Å². The maximum absolute atomic E-state index is 14.8. The molecule has 4 aromatic rings. The SMILES string of the molecule is CCc1cccc2sc(C(=O)Nc3c(F)ccc(C(N)=CC(=Nc4cc(C)n(C)n4)C(N)=O)c3C)cc12. The van der Waals surface area contributed by atoms with Crippen LogP contribution in [0.25, 0.3) is 15.8 Å². The molecule has 4 rings (SSSR count). The molecule has 5 N–H and O–H groups in total. The first kappa shape index (κ1) is 25.8. The highest BCUT2D eigenvalue weighted by Crippen LogP contribution is 2.31. The summed E-state index contributed by atoms with van der Waals surface area (Å²) in [4.78, 5) is 29.8. The molecular weight excluding hydrogens is 491 g/mol. The number of nitrogens with two attached hydrogens (primary N) is 2. The Morgan fingerprint density at radius 1 is 1.19 bits per heavy atom. The van der Waals surface area contributed by atoms with Gasteiger partial charge < -0.3 is 16.8 Å². The lowest BCUT2D eigenvalue weighted by atomic mass is 10.0. The molecule has 2 aromatic carbocycles. The van der Waals surface area contributed by atoms with Crippen LogP contribution in [-0.2, 0) is 18.3 Å². The van der Waals surface area contributed by atoms with Gasteiger partial charge in [0.15, 0.2) is 5.82 Å². The molecule has 0 radical (unpaired) electrons. The number of thiophene rings is 1. The second kappa shape index (κ2) is 10.4. The van der Waals surface area contributed by atoms with Gasteiger partial charge in [-0.25, -0.2) is 9.38 Å². The zero-order chi connectivity index (χ0) is 26.9. The molecule has 0 aliphatic carbocycles. The van der Waals surface area contributed by atoms with E-state index in [2.05, 4.69) is 22.3 Å². The van der Waals surface area contributed by atoms with Crippen molar-refractivity contribution in [3.05, 3.63) is 81.6 Å². The Balaban J connectivity index is 1.67. The summed E-state index contributed by atoms with van der Waals surface area (Å²) < 4.78 is 17.4. The largest absolute Gasteiger partial charge is 0.398 e. The summed E-state index contributed by atoms with van der Waals surface area (Å²) in [6, 6.07) is 12.1. The van der Waals surface area contributed by atoms with E-state index in [0.29, 0.717) is 21.8 Å². The fraction of sp³-hybridized carbons (Fsp3) is 0.185. The quantitative estimate of drug-likeness (QED) is 0.305. The highest BCUT2D eigenvalue weighted by atomic mass is 32.1. The van der Waals surface area contributed by atoms with Crippen LogP contribution in [0.2, 0.25) is 0 Å². The summed E-state index contributed by atoms with van der Waals surface area (Å²) in [5, 5.41) is 7.90. The summed E-state index contributed by atoms with van der Waals surface area (Å²) in [5.41, 5.74) is 14.6. The van der Waals surface area contributed by atoms with Crippen molar-refractivity contribution in [1.29, 1.82) is 0 Å². The molecule has 0 atom stereocenters. The Morgan fingerprint density at radius 2 is 1.95 bits per heavy atom. The summed E-state index contributed by atoms with van der Waals surface area (Å²) in [5.74, 6) is -1.52. The fourth-order valence-electron chi connectivity index (χ4n) is 3.96. The van der Waals surface area contributed by atoms with E-state index < -0.39 is 17.6 Å². The fourth-order valence-corrected chi connectivity index (χ4v) is 4.97. The van der Waals surface area contributed by atoms with Crippen molar-refractivity contribution in [3.63, 3.8) is 0 Å². The van der Waals surface area contributed by atoms with Gasteiger partial charge in [0.25, 0.3) is 11.8 Å². The average molecular weight is 519 g/mol. The standard InChI is InChI=1S/C27H27FN6O2S/c1-5-16-7-6-8-22-18(16)12-23(37-22)27(36)32-25-15(3)17(9-10-19(25)28)20(29)13-21(26(30)35)31-24-11-14(2)34(4)33-24/h6-13H,5,29H2,1-4H3,(H2,30,35)(H,32,36). The van der Waals surface area contributed by atoms with Crippen LogP contribution >= 0.6 is 11.3 Å². The van der Waals surface area contributed by atoms with Gasteiger partial charge in [-0.15, -0.1) is 11.3 Å². The van der Waals surface area contributed by atoms with Crippen LogP contribution in [0.4, 0.5) is 15.9 Å². The number of carbonyl (C=O) groups is 2. The summed E-state index contributed by atoms with van der Waals surface area (Å²) in [6.45, 7) is 5.54. The molecular formula is C27H27FN6O2S. The molecule has 2 heterocycles. The highest BCUT2D eigenvalue weighted by molar-refractivity contribution is 7.21. The summed E-state index contributed by atoms with van der Waals surface area (Å²) in [7, 11) is 1.75. The number of aryl methyl sites for hydroxylation is 3. The number of hydrogen-bond donors (Lipinski definition) is 3. The number of halogens is 1. The van der Waals surface area contributed by atoms with Crippen LogP contribution in [0, 0.1) is 19.7 Å². The van der Waals surface area contributed by atoms with Gasteiger partial charge in [0.05, 0.1) is 10.6 Å². The van der Waals surface area contributed by atoms with Crippen LogP contribution in [0.5, 0.6) is 0 Å². The number of amides is 2. The van der Waals surface area contributed by atoms with Crippen molar-refractivity contribution in [3.8, 4) is 0 Å². The first-order valence-electron chi connectivity index (χ1n) is 11.6. The third-order valence-electron chi connectivity index (χ3n) is 6.10. The van der Waals surface area contributed by atoms with Crippen molar-refractivity contribution < 1.29 is 14.0 Å². The third-order valence-corrected chi connectivity index (χ3v) is 7.20. The van der Waals surface area contributed by atoms with Crippen molar-refractivity contribution >= 4 is 56.2 Å². The number of rotatable bonds is 7. The van der Waals surface area contributed by atoms with E-state index in [1.165, 1.54) is 29.5 Å². The Bertz CT molecular complexity index is 1580. The Morgan fingerprint density at radius 3 is 2.59 bits per heavy atom. The van der Waals surface area contributed by atoms with Gasteiger partial charge in [0.2, 0.25) is 0 Å². The number of nitrogens with zero attached hydrogens (tertiary/aromatic N) is 3. The number of nitrogens with one attached hydrogen (secondary N) is 1. The number of hydrogen-bond acceptors (Lipinski definition) is 6. The van der Waals surface area contributed by atoms with Crippen molar-refractivity contribution in [2.75, 3.05) is 5.32 Å². The monoisotopic (exact) mass is 518 g/mol. The topological polar surface area (TPSA) is 128 Å². The minimum atomic E-state index is -0.796. The van der Waals surface area contributed by atoms with Gasteiger partial charge in [-0.05, 0) is 67.1 Å². The first-order valence-corrected chi connectivity index (χ1v) is 12.4. The molecule has 0 spiro atoms. The number of aromatic nitrogens is 2. The molecule has 0 aliphatic rings. The Kier molecular flexibility index (Phi) is 7.21. The number of primary amides is 1. The van der Waals surface area contributed by atoms with Crippen molar-refractivity contribution in [2.45, 2.75) is 27.2 Å². The van der Waals surface area contributed by atoms with Crippen molar-refractivity contribution in [2.24, 2.45) is 23.5 Å². The minimum absolute atomic E-state index is 0.00457. The molecule has 0 unspecified atom stereocenters. The second-order valence-corrected chi connectivity index (χ2v) is 9.65. The summed E-state index contributed by atoms with van der Waals surface area (Å²) >= 11 is 1.35. The number of carbonyl (C=O) groups excluding carboxylic acids is 2. The molecule has 8 nitrogen and oxygen atoms in total. The Hall–Kier alpha value is -4.31. The van der Waals surface area contributed by atoms with Gasteiger partial charge in [-0.1, -0.05) is 19.1 Å². The first-order chi connectivity index (χ1) is 17.6. The zero-order valence-corrected chi connectivity index (χ0v) is 21.7. The smallest absolute Gasteiger partial charge is 0.267 e. The van der Waals surface area contributed by atoms with Gasteiger partial charge >= 0.3 is 0 Å². The van der Waals surface area contributed by atoms with E-state index in [4.69, 9.17) is 11.5 Å². The van der Waals surface area contributed by atoms with E-state index in [1.54, 1.807) is 24.7 Å². The van der Waals surface area contributed by atoms with E-state index >= 15 is 0 Å². The molecule has 37 heavy (non-hydrogen) atoms. The number of aliphatic imine (C=N–C) groups is 1. The van der Waals surface area contributed by atoms with Crippen molar-refractivity contribution in [1.82, 2.24) is 9.78 Å². The molecule has 2 aromatic heterocycles. The predicted molar refractivity (Wildman–Crippen MR) is 147 cm³/mol. The Labute approximate surface area is 217 Å². The van der Waals surface area contributed by atoms with Crippen LogP contribution in [0.1, 0.15) is 39.0 Å². The maximum Gasteiger partial charge on any atom is 0.267 e. The van der Waals surface area contributed by atoms with Crippen LogP contribution in [-0.4, -0.2) is 27.3 Å². The molecule has 10 heteroatoms. The molecule has 2 amide bonds. The van der Waals surface area contributed by atoms with Crippen LogP contribution in [0.15, 0.2) is 53.5 Å². The highest BCUT2D eigenvalue weighted by Gasteiger charge is 2.18. The number of anilines is 1. The summed E-state index contributed by atoms with van der Waals surface area (Å²) in [6.07, 6.45) is 2.16. The van der Waals surface area contributed by atoms with Crippen LogP contribution < -0.4 is 16.8 Å². The van der Waals surface area contributed by atoms with Gasteiger partial charge in [0.1, 0.15) is 11.5 Å². The minimum Gasteiger partial charge on any atom is -0.398 e. The lowest BCUT2D eigenvalue weighted by molar-refractivity contribution is -0.111. The van der Waals surface area contributed by atoms with E-state index in [-0.39, 0.29) is 17.1 Å². The molecule has 0 bridgehead atoms. The second-order valence-electron chi connectivity index (χ2n) is 8.57.